The Morgan fingerprint density at radius 2 is 2.35 bits per heavy atom. The van der Waals surface area contributed by atoms with Gasteiger partial charge in [0.2, 0.25) is 5.13 Å². The summed E-state index contributed by atoms with van der Waals surface area (Å²) in [6.45, 7) is 2.71. The summed E-state index contributed by atoms with van der Waals surface area (Å²) >= 11 is 2.63. The summed E-state index contributed by atoms with van der Waals surface area (Å²) in [5.41, 5.74) is 0.154. The first-order chi connectivity index (χ1) is 9.63. The first kappa shape index (κ1) is 14.2. The molecule has 0 saturated carbocycles. The fourth-order valence-electron chi connectivity index (χ4n) is 1.38. The number of non-ortho nitro benzene ring substituents is 1. The standard InChI is InChI=1S/C11H9N5O2S2/c1-2-13-10-14-15-11(20-10)19-9-4-3-8(16(17)18)5-7(9)6-12/h3-5H,2H2,1H3,(H,13,14). The molecular weight excluding hydrogens is 298 g/mol. The molecule has 0 saturated heterocycles. The molecule has 2 rings (SSSR count). The summed E-state index contributed by atoms with van der Waals surface area (Å²) in [4.78, 5) is 10.8. The van der Waals surface area contributed by atoms with Crippen molar-refractivity contribution in [3.05, 3.63) is 33.9 Å². The maximum absolute atomic E-state index is 10.7. The fraction of sp³-hybridized carbons (Fsp3) is 0.182. The minimum Gasteiger partial charge on any atom is -0.360 e. The number of rotatable bonds is 5. The van der Waals surface area contributed by atoms with Crippen LogP contribution in [0.2, 0.25) is 0 Å². The Balaban J connectivity index is 2.24. The van der Waals surface area contributed by atoms with Gasteiger partial charge in [0.15, 0.2) is 4.34 Å². The van der Waals surface area contributed by atoms with Gasteiger partial charge in [-0.1, -0.05) is 23.1 Å². The lowest BCUT2D eigenvalue weighted by atomic mass is 10.2. The number of benzene rings is 1. The number of nitriles is 1. The molecular formula is C11H9N5O2S2. The van der Waals surface area contributed by atoms with Crippen molar-refractivity contribution in [1.82, 2.24) is 10.2 Å². The van der Waals surface area contributed by atoms with Crippen LogP contribution in [-0.2, 0) is 0 Å². The molecule has 1 N–H and O–H groups in total. The van der Waals surface area contributed by atoms with Crippen LogP contribution < -0.4 is 5.32 Å². The second-order valence-electron chi connectivity index (χ2n) is 3.55. The number of hydrogen-bond acceptors (Lipinski definition) is 8. The van der Waals surface area contributed by atoms with Gasteiger partial charge >= 0.3 is 0 Å². The topological polar surface area (TPSA) is 105 Å². The molecule has 1 heterocycles. The van der Waals surface area contributed by atoms with Crippen LogP contribution in [0.1, 0.15) is 12.5 Å². The smallest absolute Gasteiger partial charge is 0.270 e. The van der Waals surface area contributed by atoms with Crippen LogP contribution >= 0.6 is 23.1 Å². The third-order valence-corrected chi connectivity index (χ3v) is 4.23. The summed E-state index contributed by atoms with van der Waals surface area (Å²) in [6.07, 6.45) is 0. The van der Waals surface area contributed by atoms with E-state index in [0.29, 0.717) is 14.4 Å². The monoisotopic (exact) mass is 307 g/mol. The molecule has 1 aromatic heterocycles. The van der Waals surface area contributed by atoms with E-state index in [9.17, 15) is 10.1 Å². The van der Waals surface area contributed by atoms with E-state index in [-0.39, 0.29) is 11.3 Å². The Labute approximate surface area is 122 Å². The summed E-state index contributed by atoms with van der Waals surface area (Å²) in [5.74, 6) is 0. The highest BCUT2D eigenvalue weighted by molar-refractivity contribution is 8.01. The van der Waals surface area contributed by atoms with Gasteiger partial charge in [0.1, 0.15) is 6.07 Å². The molecule has 0 amide bonds. The van der Waals surface area contributed by atoms with Crippen molar-refractivity contribution in [1.29, 1.82) is 5.26 Å². The van der Waals surface area contributed by atoms with Crippen molar-refractivity contribution in [3.8, 4) is 6.07 Å². The molecule has 0 atom stereocenters. The van der Waals surface area contributed by atoms with E-state index in [1.54, 1.807) is 6.07 Å². The third kappa shape index (κ3) is 3.23. The molecule has 1 aromatic carbocycles. The van der Waals surface area contributed by atoms with Crippen molar-refractivity contribution in [3.63, 3.8) is 0 Å². The highest BCUT2D eigenvalue weighted by atomic mass is 32.2. The molecule has 102 valence electrons. The Bertz CT molecular complexity index is 680. The lowest BCUT2D eigenvalue weighted by Crippen LogP contribution is -1.94. The van der Waals surface area contributed by atoms with E-state index in [2.05, 4.69) is 15.5 Å². The van der Waals surface area contributed by atoms with Gasteiger partial charge in [0.25, 0.3) is 5.69 Å². The van der Waals surface area contributed by atoms with Gasteiger partial charge in [-0.3, -0.25) is 10.1 Å². The molecule has 0 spiro atoms. The maximum Gasteiger partial charge on any atom is 0.270 e. The second-order valence-corrected chi connectivity index (χ2v) is 5.82. The summed E-state index contributed by atoms with van der Waals surface area (Å²) in [6, 6.07) is 6.14. The lowest BCUT2D eigenvalue weighted by Gasteiger charge is -2.00. The lowest BCUT2D eigenvalue weighted by molar-refractivity contribution is -0.384. The number of aromatic nitrogens is 2. The molecule has 9 heteroatoms. The number of hydrogen-bond donors (Lipinski definition) is 1. The molecule has 0 fully saturated rings. The number of anilines is 1. The molecule has 0 aliphatic rings. The summed E-state index contributed by atoms with van der Waals surface area (Å²) < 4.78 is 0.673. The third-order valence-electron chi connectivity index (χ3n) is 2.23. The minimum absolute atomic E-state index is 0.100. The zero-order valence-corrected chi connectivity index (χ0v) is 12.0. The Morgan fingerprint density at radius 3 is 3.00 bits per heavy atom. The first-order valence-corrected chi connectivity index (χ1v) is 7.21. The van der Waals surface area contributed by atoms with E-state index in [4.69, 9.17) is 5.26 Å². The number of nitro benzene ring substituents is 1. The van der Waals surface area contributed by atoms with Crippen LogP contribution in [0.4, 0.5) is 10.8 Å². The zero-order chi connectivity index (χ0) is 14.5. The van der Waals surface area contributed by atoms with Gasteiger partial charge in [0.05, 0.1) is 10.5 Å². The maximum atomic E-state index is 10.7. The molecule has 20 heavy (non-hydrogen) atoms. The largest absolute Gasteiger partial charge is 0.360 e. The molecule has 0 radical (unpaired) electrons. The summed E-state index contributed by atoms with van der Waals surface area (Å²) in [7, 11) is 0. The van der Waals surface area contributed by atoms with Gasteiger partial charge in [-0.05, 0) is 13.0 Å². The molecule has 7 nitrogen and oxygen atoms in total. The molecule has 2 aromatic rings. The van der Waals surface area contributed by atoms with E-state index >= 15 is 0 Å². The molecule has 0 aliphatic carbocycles. The van der Waals surface area contributed by atoms with Gasteiger partial charge < -0.3 is 5.32 Å². The SMILES string of the molecule is CCNc1nnc(Sc2ccc([N+](=O)[O-])cc2C#N)s1. The van der Waals surface area contributed by atoms with Crippen LogP contribution in [0.25, 0.3) is 0 Å². The van der Waals surface area contributed by atoms with Crippen LogP contribution in [0.5, 0.6) is 0 Å². The van der Waals surface area contributed by atoms with Crippen LogP contribution in [-0.4, -0.2) is 21.7 Å². The van der Waals surface area contributed by atoms with Crippen LogP contribution in [0.15, 0.2) is 27.4 Å². The predicted molar refractivity (Wildman–Crippen MR) is 76.0 cm³/mol. The van der Waals surface area contributed by atoms with E-state index < -0.39 is 4.92 Å². The molecule has 0 aliphatic heterocycles. The number of nitrogens with zero attached hydrogens (tertiary/aromatic N) is 4. The van der Waals surface area contributed by atoms with Crippen molar-refractivity contribution >= 4 is 33.9 Å². The van der Waals surface area contributed by atoms with E-state index in [1.165, 1.54) is 35.2 Å². The quantitative estimate of drug-likeness (QED) is 0.668. The van der Waals surface area contributed by atoms with Gasteiger partial charge in [-0.2, -0.15) is 5.26 Å². The van der Waals surface area contributed by atoms with Crippen molar-refractivity contribution in [2.75, 3.05) is 11.9 Å². The van der Waals surface area contributed by atoms with E-state index in [0.717, 1.165) is 6.54 Å². The number of nitro groups is 1. The summed E-state index contributed by atoms with van der Waals surface area (Å²) in [5, 5.41) is 31.4. The van der Waals surface area contributed by atoms with Gasteiger partial charge in [-0.25, -0.2) is 0 Å². The highest BCUT2D eigenvalue weighted by Gasteiger charge is 2.13. The zero-order valence-electron chi connectivity index (χ0n) is 10.4. The van der Waals surface area contributed by atoms with Crippen LogP contribution in [0.3, 0.4) is 0 Å². The Kier molecular flexibility index (Phi) is 4.49. The highest BCUT2D eigenvalue weighted by Crippen LogP contribution is 2.34. The van der Waals surface area contributed by atoms with Crippen molar-refractivity contribution < 1.29 is 4.92 Å². The average molecular weight is 307 g/mol. The second kappa shape index (κ2) is 6.31. The molecule has 0 bridgehead atoms. The van der Waals surface area contributed by atoms with E-state index in [1.807, 2.05) is 13.0 Å². The van der Waals surface area contributed by atoms with Crippen molar-refractivity contribution in [2.24, 2.45) is 0 Å². The van der Waals surface area contributed by atoms with Gasteiger partial charge in [-0.15, -0.1) is 10.2 Å². The molecule has 0 unspecified atom stereocenters. The fourth-order valence-corrected chi connectivity index (χ4v) is 3.21. The Hall–Kier alpha value is -2.18. The minimum atomic E-state index is -0.524. The number of nitrogens with one attached hydrogen (secondary N) is 1. The van der Waals surface area contributed by atoms with Gasteiger partial charge in [0, 0.05) is 23.6 Å². The normalized spacial score (nSPS) is 10.0. The Morgan fingerprint density at radius 1 is 1.55 bits per heavy atom. The first-order valence-electron chi connectivity index (χ1n) is 5.57. The van der Waals surface area contributed by atoms with Crippen LogP contribution in [0, 0.1) is 21.4 Å². The average Bonchev–Trinajstić information content (AvgIpc) is 2.87. The predicted octanol–water partition coefficient (Wildman–Crippen LogP) is 2.90. The van der Waals surface area contributed by atoms with Crippen molar-refractivity contribution in [2.45, 2.75) is 16.2 Å².